The van der Waals surface area contributed by atoms with Crippen molar-refractivity contribution in [2.45, 2.75) is 52.1 Å². The molecule has 78 valence electrons. The van der Waals surface area contributed by atoms with Gasteiger partial charge >= 0.3 is 0 Å². The Kier molecular flexibility index (Phi) is 3.65. The molecule has 0 amide bonds. The Labute approximate surface area is 78.9 Å². The average Bonchev–Trinajstić information content (AvgIpc) is 2.36. The summed E-state index contributed by atoms with van der Waals surface area (Å²) in [6.07, 6.45) is -0.0446. The lowest BCUT2D eigenvalue weighted by Crippen LogP contribution is -2.42. The monoisotopic (exact) mass is 191 g/mol. The van der Waals surface area contributed by atoms with E-state index in [9.17, 15) is 8.78 Å². The van der Waals surface area contributed by atoms with Crippen molar-refractivity contribution in [1.82, 2.24) is 5.32 Å². The van der Waals surface area contributed by atoms with Gasteiger partial charge < -0.3 is 5.32 Å². The fourth-order valence-corrected chi connectivity index (χ4v) is 2.01. The molecule has 1 fully saturated rings. The van der Waals surface area contributed by atoms with Crippen LogP contribution in [-0.4, -0.2) is 18.5 Å². The molecular weight excluding hydrogens is 172 g/mol. The van der Waals surface area contributed by atoms with Crippen LogP contribution in [0.4, 0.5) is 8.78 Å². The minimum absolute atomic E-state index is 0.291. The van der Waals surface area contributed by atoms with Gasteiger partial charge in [-0.25, -0.2) is 8.78 Å². The van der Waals surface area contributed by atoms with Crippen LogP contribution in [0, 0.1) is 11.8 Å². The predicted molar refractivity (Wildman–Crippen MR) is 50.0 cm³/mol. The molecule has 1 aliphatic carbocycles. The molecule has 0 aromatic heterocycles. The molecule has 1 rings (SSSR count). The molecule has 0 radical (unpaired) electrons. The molecule has 4 unspecified atom stereocenters. The molecule has 0 saturated heterocycles. The highest BCUT2D eigenvalue weighted by molar-refractivity contribution is 4.86. The molecular formula is C10H19F2N. The van der Waals surface area contributed by atoms with Crippen molar-refractivity contribution < 1.29 is 8.78 Å². The molecule has 1 N–H and O–H groups in total. The van der Waals surface area contributed by atoms with E-state index in [0.717, 1.165) is 12.8 Å². The van der Waals surface area contributed by atoms with Crippen molar-refractivity contribution in [1.29, 1.82) is 0 Å². The summed E-state index contributed by atoms with van der Waals surface area (Å²) >= 11 is 0. The molecule has 0 aliphatic heterocycles. The lowest BCUT2D eigenvalue weighted by atomic mass is 9.97. The lowest BCUT2D eigenvalue weighted by molar-refractivity contribution is 0.0963. The average molecular weight is 191 g/mol. The summed E-state index contributed by atoms with van der Waals surface area (Å²) in [6.45, 7) is 5.90. The normalized spacial score (nSPS) is 36.9. The minimum atomic E-state index is -2.25. The Bertz CT molecular complexity index is 161. The highest BCUT2D eigenvalue weighted by Gasteiger charge is 2.31. The lowest BCUT2D eigenvalue weighted by Gasteiger charge is -2.23. The van der Waals surface area contributed by atoms with Crippen molar-refractivity contribution in [3.63, 3.8) is 0 Å². The Balaban J connectivity index is 2.37. The molecule has 0 aromatic carbocycles. The van der Waals surface area contributed by atoms with Crippen LogP contribution in [0.15, 0.2) is 0 Å². The van der Waals surface area contributed by atoms with E-state index in [1.165, 1.54) is 0 Å². The van der Waals surface area contributed by atoms with Gasteiger partial charge in [0.2, 0.25) is 0 Å². The fourth-order valence-electron chi connectivity index (χ4n) is 2.01. The van der Waals surface area contributed by atoms with E-state index in [1.54, 1.807) is 6.92 Å². The van der Waals surface area contributed by atoms with Crippen LogP contribution < -0.4 is 5.32 Å². The first-order chi connectivity index (χ1) is 6.02. The van der Waals surface area contributed by atoms with E-state index >= 15 is 0 Å². The maximum Gasteiger partial charge on any atom is 0.253 e. The molecule has 1 saturated carbocycles. The van der Waals surface area contributed by atoms with Gasteiger partial charge in [0.1, 0.15) is 0 Å². The van der Waals surface area contributed by atoms with Crippen LogP contribution in [0.25, 0.3) is 0 Å². The molecule has 13 heavy (non-hydrogen) atoms. The van der Waals surface area contributed by atoms with Gasteiger partial charge in [-0.05, 0) is 31.6 Å². The third kappa shape index (κ3) is 2.63. The van der Waals surface area contributed by atoms with Gasteiger partial charge in [-0.15, -0.1) is 0 Å². The van der Waals surface area contributed by atoms with Crippen LogP contribution in [0.3, 0.4) is 0 Å². The van der Waals surface area contributed by atoms with Crippen LogP contribution in [-0.2, 0) is 0 Å². The quantitative estimate of drug-likeness (QED) is 0.723. The first kappa shape index (κ1) is 10.9. The predicted octanol–water partition coefficient (Wildman–Crippen LogP) is 2.66. The van der Waals surface area contributed by atoms with E-state index in [2.05, 4.69) is 19.2 Å². The summed E-state index contributed by atoms with van der Waals surface area (Å²) in [7, 11) is 0. The minimum Gasteiger partial charge on any atom is -0.306 e. The SMILES string of the molecule is CC1CCC(NC(C)C(F)F)C1C. The molecule has 0 heterocycles. The van der Waals surface area contributed by atoms with Crippen molar-refractivity contribution >= 4 is 0 Å². The largest absolute Gasteiger partial charge is 0.306 e. The molecule has 1 aliphatic rings. The molecule has 3 heteroatoms. The number of rotatable bonds is 3. The van der Waals surface area contributed by atoms with Gasteiger partial charge in [0.05, 0.1) is 6.04 Å². The smallest absolute Gasteiger partial charge is 0.253 e. The second-order valence-electron chi connectivity index (χ2n) is 4.31. The van der Waals surface area contributed by atoms with Crippen molar-refractivity contribution in [3.05, 3.63) is 0 Å². The summed E-state index contributed by atoms with van der Waals surface area (Å²) in [5, 5.41) is 3.01. The summed E-state index contributed by atoms with van der Waals surface area (Å²) in [5.74, 6) is 1.20. The van der Waals surface area contributed by atoms with Crippen LogP contribution in [0.1, 0.15) is 33.6 Å². The van der Waals surface area contributed by atoms with Gasteiger partial charge in [-0.3, -0.25) is 0 Å². The first-order valence-electron chi connectivity index (χ1n) is 5.06. The maximum atomic E-state index is 12.2. The van der Waals surface area contributed by atoms with Crippen LogP contribution in [0.2, 0.25) is 0 Å². The van der Waals surface area contributed by atoms with Crippen LogP contribution >= 0.6 is 0 Å². The standard InChI is InChI=1S/C10H19F2N/c1-6-4-5-9(7(6)2)13-8(3)10(11)12/h6-10,13H,4-5H2,1-3H3. The number of alkyl halides is 2. The summed E-state index contributed by atoms with van der Waals surface area (Å²) in [6, 6.07) is -0.378. The summed E-state index contributed by atoms with van der Waals surface area (Å²) in [4.78, 5) is 0. The highest BCUT2D eigenvalue weighted by Crippen LogP contribution is 2.31. The summed E-state index contributed by atoms with van der Waals surface area (Å²) < 4.78 is 24.5. The van der Waals surface area contributed by atoms with Gasteiger partial charge in [0.25, 0.3) is 6.43 Å². The molecule has 0 spiro atoms. The molecule has 4 atom stereocenters. The van der Waals surface area contributed by atoms with Gasteiger partial charge in [0, 0.05) is 6.04 Å². The molecule has 0 aromatic rings. The van der Waals surface area contributed by atoms with E-state index in [0.29, 0.717) is 17.9 Å². The van der Waals surface area contributed by atoms with Gasteiger partial charge in [-0.2, -0.15) is 0 Å². The Morgan fingerprint density at radius 3 is 2.23 bits per heavy atom. The second-order valence-corrected chi connectivity index (χ2v) is 4.31. The summed E-state index contributed by atoms with van der Waals surface area (Å²) in [5.41, 5.74) is 0. The van der Waals surface area contributed by atoms with E-state index in [4.69, 9.17) is 0 Å². The van der Waals surface area contributed by atoms with E-state index in [-0.39, 0.29) is 0 Å². The van der Waals surface area contributed by atoms with Crippen molar-refractivity contribution in [2.24, 2.45) is 11.8 Å². The number of halogens is 2. The maximum absolute atomic E-state index is 12.2. The number of hydrogen-bond donors (Lipinski definition) is 1. The van der Waals surface area contributed by atoms with Gasteiger partial charge in [0.15, 0.2) is 0 Å². The third-order valence-corrected chi connectivity index (χ3v) is 3.32. The Morgan fingerprint density at radius 2 is 1.85 bits per heavy atom. The highest BCUT2D eigenvalue weighted by atomic mass is 19.3. The zero-order valence-electron chi connectivity index (χ0n) is 8.56. The van der Waals surface area contributed by atoms with E-state index in [1.807, 2.05) is 0 Å². The van der Waals surface area contributed by atoms with Crippen molar-refractivity contribution in [2.75, 3.05) is 0 Å². The van der Waals surface area contributed by atoms with Gasteiger partial charge in [-0.1, -0.05) is 13.8 Å². The fraction of sp³-hybridized carbons (Fsp3) is 1.00. The first-order valence-corrected chi connectivity index (χ1v) is 5.06. The Morgan fingerprint density at radius 1 is 1.23 bits per heavy atom. The molecule has 1 nitrogen and oxygen atoms in total. The van der Waals surface area contributed by atoms with Crippen LogP contribution in [0.5, 0.6) is 0 Å². The number of hydrogen-bond acceptors (Lipinski definition) is 1. The zero-order valence-corrected chi connectivity index (χ0v) is 8.56. The number of nitrogens with one attached hydrogen (secondary N) is 1. The second kappa shape index (κ2) is 4.36. The molecule has 0 bridgehead atoms. The zero-order chi connectivity index (χ0) is 10.0. The topological polar surface area (TPSA) is 12.0 Å². The third-order valence-electron chi connectivity index (χ3n) is 3.32. The van der Waals surface area contributed by atoms with Crippen molar-refractivity contribution in [3.8, 4) is 0 Å². The Hall–Kier alpha value is -0.180. The van der Waals surface area contributed by atoms with E-state index < -0.39 is 12.5 Å².